The van der Waals surface area contributed by atoms with Crippen LogP contribution in [0, 0.1) is 0 Å². The predicted molar refractivity (Wildman–Crippen MR) is 36.3 cm³/mol. The van der Waals surface area contributed by atoms with Crippen molar-refractivity contribution in [3.8, 4) is 5.75 Å². The first-order chi connectivity index (χ1) is 5.25. The molecule has 1 heterocycles. The fourth-order valence-electron chi connectivity index (χ4n) is 0.652. The molecule has 60 valence electrons. The second-order valence-corrected chi connectivity index (χ2v) is 1.86. The summed E-state index contributed by atoms with van der Waals surface area (Å²) in [4.78, 5) is 10.9. The Kier molecular flexibility index (Phi) is 2.15. The lowest BCUT2D eigenvalue weighted by molar-refractivity contribution is 0.0485. The highest BCUT2D eigenvalue weighted by atomic mass is 16.5. The Bertz CT molecular complexity index is 251. The van der Waals surface area contributed by atoms with Crippen molar-refractivity contribution in [3.05, 3.63) is 18.1 Å². The number of esters is 1. The molecule has 0 aliphatic heterocycles. The fourth-order valence-corrected chi connectivity index (χ4v) is 0.652. The van der Waals surface area contributed by atoms with E-state index >= 15 is 0 Å². The lowest BCUT2D eigenvalue weighted by Gasteiger charge is -1.96. The van der Waals surface area contributed by atoms with E-state index in [0.29, 0.717) is 0 Å². The third-order valence-corrected chi connectivity index (χ3v) is 1.11. The van der Waals surface area contributed by atoms with Gasteiger partial charge in [0.05, 0.1) is 12.9 Å². The zero-order valence-corrected chi connectivity index (χ0v) is 6.03. The van der Waals surface area contributed by atoms with E-state index in [0.717, 1.165) is 0 Å². The summed E-state index contributed by atoms with van der Waals surface area (Å²) in [5, 5.41) is 8.95. The minimum Gasteiger partial charge on any atom is -0.504 e. The summed E-state index contributed by atoms with van der Waals surface area (Å²) in [6.07, 6.45) is 1.22. The quantitative estimate of drug-likeness (QED) is 0.652. The minimum absolute atomic E-state index is 0.146. The van der Waals surface area contributed by atoms with E-state index in [9.17, 15) is 4.79 Å². The van der Waals surface area contributed by atoms with Gasteiger partial charge in [0.15, 0.2) is 5.75 Å². The maximum absolute atomic E-state index is 10.9. The predicted octanol–water partition coefficient (Wildman–Crippen LogP) is 1.16. The maximum Gasteiger partial charge on any atom is 0.378 e. The second kappa shape index (κ2) is 3.09. The van der Waals surface area contributed by atoms with Crippen molar-refractivity contribution in [1.29, 1.82) is 0 Å². The van der Waals surface area contributed by atoms with Crippen LogP contribution in [0.25, 0.3) is 0 Å². The van der Waals surface area contributed by atoms with Gasteiger partial charge in [-0.2, -0.15) is 0 Å². The molecule has 11 heavy (non-hydrogen) atoms. The zero-order chi connectivity index (χ0) is 8.27. The van der Waals surface area contributed by atoms with Crippen LogP contribution in [-0.4, -0.2) is 17.7 Å². The van der Waals surface area contributed by atoms with Crippen LogP contribution in [-0.2, 0) is 4.74 Å². The summed E-state index contributed by atoms with van der Waals surface area (Å²) in [6.45, 7) is 1.94. The summed E-state index contributed by atoms with van der Waals surface area (Å²) in [5.41, 5.74) is 0. The van der Waals surface area contributed by atoms with Gasteiger partial charge >= 0.3 is 5.97 Å². The third kappa shape index (κ3) is 1.52. The molecule has 0 fully saturated rings. The normalized spacial score (nSPS) is 9.55. The monoisotopic (exact) mass is 156 g/mol. The standard InChI is InChI=1S/C7H8O4/c1-2-10-7(9)6-5(8)3-4-11-6/h3-4,8H,2H2,1H3. The highest BCUT2D eigenvalue weighted by Gasteiger charge is 2.14. The summed E-state index contributed by atoms with van der Waals surface area (Å²) < 4.78 is 9.23. The van der Waals surface area contributed by atoms with Crippen molar-refractivity contribution in [2.75, 3.05) is 6.61 Å². The molecule has 1 rings (SSSR count). The Labute approximate surface area is 63.4 Å². The van der Waals surface area contributed by atoms with Crippen molar-refractivity contribution in [1.82, 2.24) is 0 Å². The van der Waals surface area contributed by atoms with Crippen LogP contribution in [0.2, 0.25) is 0 Å². The maximum atomic E-state index is 10.9. The van der Waals surface area contributed by atoms with E-state index in [1.165, 1.54) is 12.3 Å². The Morgan fingerprint density at radius 1 is 1.82 bits per heavy atom. The van der Waals surface area contributed by atoms with Gasteiger partial charge in [-0.1, -0.05) is 0 Å². The molecule has 0 spiro atoms. The van der Waals surface area contributed by atoms with Gasteiger partial charge in [0, 0.05) is 6.07 Å². The van der Waals surface area contributed by atoms with Gasteiger partial charge in [-0.15, -0.1) is 0 Å². The molecule has 0 unspecified atom stereocenters. The van der Waals surface area contributed by atoms with E-state index in [2.05, 4.69) is 9.15 Å². The van der Waals surface area contributed by atoms with Crippen LogP contribution >= 0.6 is 0 Å². The molecule has 0 radical (unpaired) electrons. The van der Waals surface area contributed by atoms with Crippen molar-refractivity contribution in [2.24, 2.45) is 0 Å². The molecule has 1 aromatic heterocycles. The molecule has 0 saturated heterocycles. The SMILES string of the molecule is CCOC(=O)c1occc1O. The molecule has 0 bridgehead atoms. The van der Waals surface area contributed by atoms with E-state index in [-0.39, 0.29) is 18.1 Å². The van der Waals surface area contributed by atoms with Gasteiger partial charge in [0.1, 0.15) is 0 Å². The van der Waals surface area contributed by atoms with Crippen molar-refractivity contribution < 1.29 is 19.1 Å². The summed E-state index contributed by atoms with van der Waals surface area (Å²) in [5.74, 6) is -0.981. The average Bonchev–Trinajstić information content (AvgIpc) is 2.36. The number of hydrogen-bond donors (Lipinski definition) is 1. The van der Waals surface area contributed by atoms with E-state index < -0.39 is 5.97 Å². The Balaban J connectivity index is 2.76. The molecular weight excluding hydrogens is 148 g/mol. The van der Waals surface area contributed by atoms with Gasteiger partial charge < -0.3 is 14.3 Å². The van der Waals surface area contributed by atoms with Crippen LogP contribution < -0.4 is 0 Å². The lowest BCUT2D eigenvalue weighted by atomic mass is 10.4. The number of ether oxygens (including phenoxy) is 1. The number of carbonyl (C=O) groups excluding carboxylic acids is 1. The topological polar surface area (TPSA) is 59.7 Å². The molecule has 0 aliphatic rings. The fraction of sp³-hybridized carbons (Fsp3) is 0.286. The van der Waals surface area contributed by atoms with Crippen molar-refractivity contribution in [2.45, 2.75) is 6.92 Å². The number of hydrogen-bond acceptors (Lipinski definition) is 4. The minimum atomic E-state index is -0.644. The highest BCUT2D eigenvalue weighted by Crippen LogP contribution is 2.17. The summed E-state index contributed by atoms with van der Waals surface area (Å²) in [7, 11) is 0. The number of carbonyl (C=O) groups is 1. The molecule has 4 heteroatoms. The Morgan fingerprint density at radius 3 is 3.00 bits per heavy atom. The van der Waals surface area contributed by atoms with Gasteiger partial charge in [-0.25, -0.2) is 4.79 Å². The molecule has 0 saturated carbocycles. The number of furan rings is 1. The Morgan fingerprint density at radius 2 is 2.55 bits per heavy atom. The van der Waals surface area contributed by atoms with Crippen molar-refractivity contribution in [3.63, 3.8) is 0 Å². The molecule has 0 amide bonds. The molecular formula is C7H8O4. The van der Waals surface area contributed by atoms with E-state index in [1.807, 2.05) is 0 Å². The van der Waals surface area contributed by atoms with Crippen LogP contribution in [0.15, 0.2) is 16.7 Å². The highest BCUT2D eigenvalue weighted by molar-refractivity contribution is 5.89. The van der Waals surface area contributed by atoms with Gasteiger partial charge in [-0.3, -0.25) is 0 Å². The molecule has 0 aliphatic carbocycles. The largest absolute Gasteiger partial charge is 0.504 e. The zero-order valence-electron chi connectivity index (χ0n) is 6.03. The van der Waals surface area contributed by atoms with Crippen LogP contribution in [0.1, 0.15) is 17.5 Å². The molecule has 1 aromatic rings. The first kappa shape index (κ1) is 7.65. The molecule has 4 nitrogen and oxygen atoms in total. The Hall–Kier alpha value is -1.45. The molecule has 0 atom stereocenters. The molecule has 0 aromatic carbocycles. The van der Waals surface area contributed by atoms with Gasteiger partial charge in [0.2, 0.25) is 0 Å². The average molecular weight is 156 g/mol. The van der Waals surface area contributed by atoms with Crippen LogP contribution in [0.4, 0.5) is 0 Å². The van der Waals surface area contributed by atoms with E-state index in [4.69, 9.17) is 5.11 Å². The van der Waals surface area contributed by atoms with Crippen LogP contribution in [0.3, 0.4) is 0 Å². The van der Waals surface area contributed by atoms with Gasteiger partial charge in [-0.05, 0) is 6.92 Å². The smallest absolute Gasteiger partial charge is 0.378 e. The van der Waals surface area contributed by atoms with Crippen molar-refractivity contribution >= 4 is 5.97 Å². The van der Waals surface area contributed by atoms with Gasteiger partial charge in [0.25, 0.3) is 5.76 Å². The number of aromatic hydroxyl groups is 1. The van der Waals surface area contributed by atoms with E-state index in [1.54, 1.807) is 6.92 Å². The first-order valence-electron chi connectivity index (χ1n) is 3.19. The third-order valence-electron chi connectivity index (χ3n) is 1.11. The lowest BCUT2D eigenvalue weighted by Crippen LogP contribution is -2.02. The second-order valence-electron chi connectivity index (χ2n) is 1.86. The summed E-state index contributed by atoms with van der Waals surface area (Å²) in [6, 6.07) is 1.28. The first-order valence-corrected chi connectivity index (χ1v) is 3.19. The summed E-state index contributed by atoms with van der Waals surface area (Å²) >= 11 is 0. The molecule has 1 N–H and O–H groups in total. The number of rotatable bonds is 2. The van der Waals surface area contributed by atoms with Crippen LogP contribution in [0.5, 0.6) is 5.75 Å².